The molecule has 5 nitrogen and oxygen atoms in total. The Bertz CT molecular complexity index is 144. The quantitative estimate of drug-likeness (QED) is 0.495. The van der Waals surface area contributed by atoms with Crippen molar-refractivity contribution in [3.63, 3.8) is 0 Å². The van der Waals surface area contributed by atoms with E-state index in [1.807, 2.05) is 0 Å². The number of hydrogen-bond acceptors (Lipinski definition) is 6. The molecule has 0 bridgehead atoms. The molecular formula is C6H11O5S. The maximum Gasteiger partial charge on any atom is 0.268 e. The van der Waals surface area contributed by atoms with Gasteiger partial charge in [-0.15, -0.1) is 0 Å². The average molecular weight is 195 g/mol. The molecular weight excluding hydrogens is 184 g/mol. The smallest absolute Gasteiger partial charge is 0.268 e. The van der Waals surface area contributed by atoms with Crippen LogP contribution in [0, 0.1) is 6.29 Å². The number of rotatable bonds is 3. The third kappa shape index (κ3) is 1.90. The Kier molecular flexibility index (Phi) is 3.76. The highest BCUT2D eigenvalue weighted by Gasteiger charge is 2.44. The summed E-state index contributed by atoms with van der Waals surface area (Å²) in [6.45, 7) is -0.348. The molecule has 0 aliphatic carbocycles. The van der Waals surface area contributed by atoms with Crippen molar-refractivity contribution >= 4 is 12.0 Å². The summed E-state index contributed by atoms with van der Waals surface area (Å²) >= 11 is 1.00. The summed E-state index contributed by atoms with van der Waals surface area (Å²) in [5, 5.41) is 27.1. The first-order valence-electron chi connectivity index (χ1n) is 3.42. The van der Waals surface area contributed by atoms with Gasteiger partial charge in [0.2, 0.25) is 0 Å². The highest BCUT2D eigenvalue weighted by atomic mass is 32.2. The Hall–Kier alpha value is 0.150. The Labute approximate surface area is 74.5 Å². The molecule has 1 aliphatic rings. The van der Waals surface area contributed by atoms with Crippen LogP contribution in [0.2, 0.25) is 0 Å². The summed E-state index contributed by atoms with van der Waals surface area (Å²) in [6, 6.07) is 0. The molecule has 6 heteroatoms. The fourth-order valence-electron chi connectivity index (χ4n) is 0.928. The van der Waals surface area contributed by atoms with Gasteiger partial charge in [0.25, 0.3) is 6.29 Å². The Morgan fingerprint density at radius 3 is 2.67 bits per heavy atom. The molecule has 0 aromatic heterocycles. The summed E-state index contributed by atoms with van der Waals surface area (Å²) in [5.41, 5.74) is 0. The molecule has 12 heavy (non-hydrogen) atoms. The van der Waals surface area contributed by atoms with Crippen LogP contribution in [-0.4, -0.2) is 46.5 Å². The van der Waals surface area contributed by atoms with Gasteiger partial charge in [0, 0.05) is 6.26 Å². The van der Waals surface area contributed by atoms with E-state index in [2.05, 4.69) is 0 Å². The van der Waals surface area contributed by atoms with Gasteiger partial charge in [-0.2, -0.15) is 0 Å². The van der Waals surface area contributed by atoms with Gasteiger partial charge in [-0.05, 0) is 12.0 Å². The summed E-state index contributed by atoms with van der Waals surface area (Å²) in [7, 11) is 0. The lowest BCUT2D eigenvalue weighted by Crippen LogP contribution is -2.32. The van der Waals surface area contributed by atoms with Crippen molar-refractivity contribution in [1.29, 1.82) is 0 Å². The van der Waals surface area contributed by atoms with Crippen molar-refractivity contribution in [1.82, 2.24) is 0 Å². The highest BCUT2D eigenvalue weighted by Crippen LogP contribution is 2.29. The van der Waals surface area contributed by atoms with Gasteiger partial charge in [-0.25, -0.2) is 0 Å². The minimum absolute atomic E-state index is 0.0472. The second kappa shape index (κ2) is 4.40. The molecule has 0 spiro atoms. The average Bonchev–Trinajstić information content (AvgIpc) is 2.33. The van der Waals surface area contributed by atoms with Crippen LogP contribution in [0.4, 0.5) is 0 Å². The molecule has 1 saturated heterocycles. The van der Waals surface area contributed by atoms with E-state index < -0.39 is 18.3 Å². The Balaban J connectivity index is 2.48. The molecule has 3 atom stereocenters. The normalized spacial score (nSPS) is 37.5. The lowest BCUT2D eigenvalue weighted by Gasteiger charge is -2.10. The van der Waals surface area contributed by atoms with E-state index in [0.717, 1.165) is 12.0 Å². The standard InChI is InChI=1S/C6H11O5S/c1-12-11-6-5(9)4(8)3(2-7)10-6/h3-5,7-9H,2H2,1H3/t3-,4-,5-/m1/s1. The van der Waals surface area contributed by atoms with E-state index >= 15 is 0 Å². The fourth-order valence-corrected chi connectivity index (χ4v) is 1.23. The van der Waals surface area contributed by atoms with E-state index in [-0.39, 0.29) is 12.9 Å². The van der Waals surface area contributed by atoms with Gasteiger partial charge in [-0.1, -0.05) is 0 Å². The minimum atomic E-state index is -1.17. The maximum absolute atomic E-state index is 9.23. The third-order valence-corrected chi connectivity index (χ3v) is 1.89. The first kappa shape index (κ1) is 10.2. The Morgan fingerprint density at radius 2 is 2.25 bits per heavy atom. The Morgan fingerprint density at radius 1 is 1.58 bits per heavy atom. The van der Waals surface area contributed by atoms with E-state index in [9.17, 15) is 10.2 Å². The van der Waals surface area contributed by atoms with E-state index in [1.54, 1.807) is 6.26 Å². The van der Waals surface area contributed by atoms with Crippen LogP contribution in [0.1, 0.15) is 0 Å². The monoisotopic (exact) mass is 195 g/mol. The molecule has 1 rings (SSSR count). The highest BCUT2D eigenvalue weighted by molar-refractivity contribution is 7.94. The van der Waals surface area contributed by atoms with Crippen molar-refractivity contribution in [2.24, 2.45) is 0 Å². The van der Waals surface area contributed by atoms with Crippen molar-refractivity contribution < 1.29 is 24.2 Å². The minimum Gasteiger partial charge on any atom is -0.394 e. The molecule has 0 amide bonds. The van der Waals surface area contributed by atoms with Gasteiger partial charge in [0.15, 0.2) is 0 Å². The third-order valence-electron chi connectivity index (χ3n) is 1.56. The number of ether oxygens (including phenoxy) is 1. The van der Waals surface area contributed by atoms with E-state index in [4.69, 9.17) is 14.0 Å². The number of hydrogen-bond donors (Lipinski definition) is 3. The first-order chi connectivity index (χ1) is 5.70. The summed E-state index contributed by atoms with van der Waals surface area (Å²) in [6.07, 6.45) is -1.47. The van der Waals surface area contributed by atoms with E-state index in [0.29, 0.717) is 0 Å². The summed E-state index contributed by atoms with van der Waals surface area (Å²) in [4.78, 5) is 0. The van der Waals surface area contributed by atoms with Crippen LogP contribution < -0.4 is 0 Å². The predicted molar refractivity (Wildman–Crippen MR) is 41.8 cm³/mol. The van der Waals surface area contributed by atoms with Gasteiger partial charge in [0.05, 0.1) is 6.61 Å². The molecule has 0 saturated carbocycles. The molecule has 1 heterocycles. The van der Waals surface area contributed by atoms with Crippen LogP contribution in [0.25, 0.3) is 0 Å². The summed E-state index contributed by atoms with van der Waals surface area (Å²) < 4.78 is 9.71. The lowest BCUT2D eigenvalue weighted by molar-refractivity contribution is -0.0270. The van der Waals surface area contributed by atoms with Crippen LogP contribution in [0.3, 0.4) is 0 Å². The van der Waals surface area contributed by atoms with Crippen molar-refractivity contribution in [3.05, 3.63) is 6.29 Å². The van der Waals surface area contributed by atoms with Crippen LogP contribution in [-0.2, 0) is 8.92 Å². The molecule has 1 fully saturated rings. The largest absolute Gasteiger partial charge is 0.394 e. The van der Waals surface area contributed by atoms with Crippen molar-refractivity contribution in [2.75, 3.05) is 12.9 Å². The molecule has 1 aliphatic heterocycles. The van der Waals surface area contributed by atoms with Gasteiger partial charge >= 0.3 is 0 Å². The van der Waals surface area contributed by atoms with Gasteiger partial charge in [0.1, 0.15) is 18.3 Å². The molecule has 0 aromatic carbocycles. The first-order valence-corrected chi connectivity index (χ1v) is 4.56. The SMILES string of the molecule is CSO[C]1O[C@H](CO)[C@@H](O)[C@H]1O. The van der Waals surface area contributed by atoms with Crippen LogP contribution in [0.5, 0.6) is 0 Å². The second-order valence-corrected chi connectivity index (χ2v) is 2.84. The fraction of sp³-hybridized carbons (Fsp3) is 0.833. The maximum atomic E-state index is 9.23. The van der Waals surface area contributed by atoms with Gasteiger partial charge < -0.3 is 20.1 Å². The molecule has 3 N–H and O–H groups in total. The van der Waals surface area contributed by atoms with Gasteiger partial charge in [-0.3, -0.25) is 4.18 Å². The van der Waals surface area contributed by atoms with Crippen LogP contribution >= 0.6 is 12.0 Å². The van der Waals surface area contributed by atoms with Crippen LogP contribution in [0.15, 0.2) is 0 Å². The lowest BCUT2D eigenvalue weighted by atomic mass is 10.1. The number of aliphatic hydroxyl groups excluding tert-OH is 3. The molecule has 1 radical (unpaired) electrons. The van der Waals surface area contributed by atoms with Crippen molar-refractivity contribution in [2.45, 2.75) is 18.3 Å². The molecule has 71 valence electrons. The zero-order valence-corrected chi connectivity index (χ0v) is 7.32. The van der Waals surface area contributed by atoms with E-state index in [1.165, 1.54) is 0 Å². The zero-order chi connectivity index (χ0) is 9.14. The topological polar surface area (TPSA) is 79.2 Å². The predicted octanol–water partition coefficient (Wildman–Crippen LogP) is -1.12. The zero-order valence-electron chi connectivity index (χ0n) is 6.51. The second-order valence-electron chi connectivity index (χ2n) is 2.34. The number of aliphatic hydroxyl groups is 3. The molecule has 0 unspecified atom stereocenters. The molecule has 0 aromatic rings. The van der Waals surface area contributed by atoms with Crippen molar-refractivity contribution in [3.8, 4) is 0 Å². The summed E-state index contributed by atoms with van der Waals surface area (Å²) in [5.74, 6) is 0.